The van der Waals surface area contributed by atoms with Crippen LogP contribution in [0.1, 0.15) is 32.2 Å². The van der Waals surface area contributed by atoms with Gasteiger partial charge in [-0.2, -0.15) is 0 Å². The van der Waals surface area contributed by atoms with Gasteiger partial charge in [0.25, 0.3) is 11.8 Å². The predicted octanol–water partition coefficient (Wildman–Crippen LogP) is 7.63. The molecule has 0 unspecified atom stereocenters. The van der Waals surface area contributed by atoms with Gasteiger partial charge >= 0.3 is 0 Å². The van der Waals surface area contributed by atoms with E-state index in [1.165, 1.54) is 18.0 Å². The first-order chi connectivity index (χ1) is 18.4. The average Bonchev–Trinajstić information content (AvgIpc) is 3.28. The van der Waals surface area contributed by atoms with E-state index in [0.29, 0.717) is 32.6 Å². The molecule has 0 aliphatic carbocycles. The predicted molar refractivity (Wildman–Crippen MR) is 151 cm³/mol. The number of carbonyl (C=O) groups is 2. The minimum absolute atomic E-state index is 0.0108. The van der Waals surface area contributed by atoms with Gasteiger partial charge in [-0.25, -0.2) is 9.97 Å². The molecule has 5 aromatic rings. The standard InChI is InChI=1S/C28H20Cl2N4O3S/c1-16-6-2-3-7-17(16)15-38-28-31-14-21(30)24(34-28)26(35)33-23-20-8-4-5-9-22(20)37-25(23)27(36)32-19-12-10-18(29)11-13-19/h2-14H,15H2,1H3,(H,32,36)(H,33,35). The molecule has 0 fully saturated rings. The van der Waals surface area contributed by atoms with E-state index in [1.807, 2.05) is 31.2 Å². The Balaban J connectivity index is 1.41. The number of aromatic nitrogens is 2. The lowest BCUT2D eigenvalue weighted by molar-refractivity contribution is 0.0999. The summed E-state index contributed by atoms with van der Waals surface area (Å²) in [6, 6.07) is 21.7. The minimum Gasteiger partial charge on any atom is -0.449 e. The van der Waals surface area contributed by atoms with E-state index in [4.69, 9.17) is 27.6 Å². The highest BCUT2D eigenvalue weighted by Gasteiger charge is 2.24. The Bertz CT molecular complexity index is 1650. The van der Waals surface area contributed by atoms with Crippen LogP contribution in [-0.2, 0) is 5.75 Å². The lowest BCUT2D eigenvalue weighted by Gasteiger charge is -2.09. The van der Waals surface area contributed by atoms with Gasteiger partial charge in [-0.3, -0.25) is 9.59 Å². The summed E-state index contributed by atoms with van der Waals surface area (Å²) in [4.78, 5) is 35.1. The number of halogens is 2. The lowest BCUT2D eigenvalue weighted by atomic mass is 10.1. The summed E-state index contributed by atoms with van der Waals surface area (Å²) < 4.78 is 5.82. The van der Waals surface area contributed by atoms with E-state index in [1.54, 1.807) is 48.5 Å². The van der Waals surface area contributed by atoms with Crippen LogP contribution in [0.4, 0.5) is 11.4 Å². The van der Waals surface area contributed by atoms with Crippen LogP contribution in [0.2, 0.25) is 10.0 Å². The van der Waals surface area contributed by atoms with E-state index in [0.717, 1.165) is 11.1 Å². The number of amides is 2. The maximum Gasteiger partial charge on any atom is 0.293 e. The normalized spacial score (nSPS) is 10.9. The second-order valence-electron chi connectivity index (χ2n) is 8.28. The van der Waals surface area contributed by atoms with E-state index >= 15 is 0 Å². The van der Waals surface area contributed by atoms with Gasteiger partial charge in [0.05, 0.1) is 11.2 Å². The third-order valence-corrected chi connectivity index (χ3v) is 7.14. The fourth-order valence-electron chi connectivity index (χ4n) is 3.72. The van der Waals surface area contributed by atoms with Gasteiger partial charge in [-0.15, -0.1) is 0 Å². The van der Waals surface area contributed by atoms with E-state index in [-0.39, 0.29) is 22.2 Å². The van der Waals surface area contributed by atoms with Crippen molar-refractivity contribution in [3.63, 3.8) is 0 Å². The first-order valence-electron chi connectivity index (χ1n) is 11.5. The molecule has 0 radical (unpaired) electrons. The number of furan rings is 1. The van der Waals surface area contributed by atoms with Crippen molar-refractivity contribution in [1.82, 2.24) is 9.97 Å². The summed E-state index contributed by atoms with van der Waals surface area (Å²) in [5.41, 5.74) is 3.45. The van der Waals surface area contributed by atoms with Crippen LogP contribution in [0.25, 0.3) is 11.0 Å². The first-order valence-corrected chi connectivity index (χ1v) is 13.2. The second-order valence-corrected chi connectivity index (χ2v) is 10.1. The molecule has 7 nitrogen and oxygen atoms in total. The fraction of sp³-hybridized carbons (Fsp3) is 0.0714. The summed E-state index contributed by atoms with van der Waals surface area (Å²) in [6.45, 7) is 2.04. The van der Waals surface area contributed by atoms with Gasteiger partial charge in [0.15, 0.2) is 10.9 Å². The smallest absolute Gasteiger partial charge is 0.293 e. The zero-order chi connectivity index (χ0) is 26.6. The number of anilines is 2. The molecule has 0 spiro atoms. The molecule has 2 heterocycles. The molecule has 0 aliphatic heterocycles. The summed E-state index contributed by atoms with van der Waals surface area (Å²) >= 11 is 13.6. The third-order valence-electron chi connectivity index (χ3n) is 5.70. The zero-order valence-electron chi connectivity index (χ0n) is 20.0. The third kappa shape index (κ3) is 5.67. The molecular formula is C28H20Cl2N4O3S. The second kappa shape index (κ2) is 11.3. The summed E-state index contributed by atoms with van der Waals surface area (Å²) in [6.07, 6.45) is 1.39. The number of carbonyl (C=O) groups excluding carboxylic acids is 2. The molecular weight excluding hydrogens is 543 g/mol. The molecule has 190 valence electrons. The summed E-state index contributed by atoms with van der Waals surface area (Å²) in [5.74, 6) is -0.560. The van der Waals surface area contributed by atoms with Crippen molar-refractivity contribution in [3.8, 4) is 0 Å². The monoisotopic (exact) mass is 562 g/mol. The Morgan fingerprint density at radius 2 is 1.66 bits per heavy atom. The molecule has 2 N–H and O–H groups in total. The number of benzene rings is 3. The van der Waals surface area contributed by atoms with Crippen molar-refractivity contribution in [2.24, 2.45) is 0 Å². The Morgan fingerprint density at radius 1 is 0.921 bits per heavy atom. The number of thioether (sulfide) groups is 1. The highest BCUT2D eigenvalue weighted by Crippen LogP contribution is 2.32. The summed E-state index contributed by atoms with van der Waals surface area (Å²) in [7, 11) is 0. The van der Waals surface area contributed by atoms with Crippen LogP contribution < -0.4 is 10.6 Å². The van der Waals surface area contributed by atoms with Crippen molar-refractivity contribution in [2.75, 3.05) is 10.6 Å². The van der Waals surface area contributed by atoms with Gasteiger partial charge in [0.2, 0.25) is 5.76 Å². The van der Waals surface area contributed by atoms with E-state index in [9.17, 15) is 9.59 Å². The Morgan fingerprint density at radius 3 is 2.45 bits per heavy atom. The molecule has 0 saturated carbocycles. The van der Waals surface area contributed by atoms with Crippen molar-refractivity contribution in [2.45, 2.75) is 17.8 Å². The minimum atomic E-state index is -0.595. The van der Waals surface area contributed by atoms with Gasteiger partial charge < -0.3 is 15.1 Å². The van der Waals surface area contributed by atoms with Gasteiger partial charge in [0.1, 0.15) is 11.3 Å². The van der Waals surface area contributed by atoms with Crippen LogP contribution in [0.15, 0.2) is 88.6 Å². The number of hydrogen-bond acceptors (Lipinski definition) is 6. The van der Waals surface area contributed by atoms with Gasteiger partial charge in [0, 0.05) is 21.8 Å². The molecule has 0 aliphatic rings. The fourth-order valence-corrected chi connectivity index (χ4v) is 4.91. The SMILES string of the molecule is Cc1ccccc1CSc1ncc(Cl)c(C(=O)Nc2c(C(=O)Nc3ccc(Cl)cc3)oc3ccccc23)n1. The maximum atomic E-state index is 13.3. The summed E-state index contributed by atoms with van der Waals surface area (Å²) in [5, 5.41) is 7.12. The lowest BCUT2D eigenvalue weighted by Crippen LogP contribution is -2.18. The van der Waals surface area contributed by atoms with Crippen LogP contribution in [-0.4, -0.2) is 21.8 Å². The quantitative estimate of drug-likeness (QED) is 0.156. The molecule has 0 bridgehead atoms. The van der Waals surface area contributed by atoms with Crippen molar-refractivity contribution >= 4 is 69.1 Å². The topological polar surface area (TPSA) is 97.1 Å². The number of aryl methyl sites for hydroxylation is 1. The van der Waals surface area contributed by atoms with Crippen molar-refractivity contribution < 1.29 is 14.0 Å². The Labute approximate surface area is 232 Å². The molecule has 10 heteroatoms. The number of nitrogens with zero attached hydrogens (tertiary/aromatic N) is 2. The average molecular weight is 563 g/mol. The molecule has 3 aromatic carbocycles. The molecule has 38 heavy (non-hydrogen) atoms. The molecule has 5 rings (SSSR count). The number of nitrogens with one attached hydrogen (secondary N) is 2. The van der Waals surface area contributed by atoms with Crippen molar-refractivity contribution in [1.29, 1.82) is 0 Å². The Hall–Kier alpha value is -3.85. The number of para-hydroxylation sites is 1. The maximum absolute atomic E-state index is 13.3. The van der Waals surface area contributed by atoms with Gasteiger partial charge in [-0.05, 0) is 54.4 Å². The zero-order valence-corrected chi connectivity index (χ0v) is 22.3. The highest BCUT2D eigenvalue weighted by molar-refractivity contribution is 7.98. The number of fused-ring (bicyclic) bond motifs is 1. The largest absolute Gasteiger partial charge is 0.449 e. The molecule has 2 amide bonds. The van der Waals surface area contributed by atoms with Crippen molar-refractivity contribution in [3.05, 3.63) is 112 Å². The molecule has 0 atom stereocenters. The van der Waals surface area contributed by atoms with E-state index < -0.39 is 11.8 Å². The Kier molecular flexibility index (Phi) is 7.64. The number of rotatable bonds is 7. The van der Waals surface area contributed by atoms with Crippen LogP contribution in [0.5, 0.6) is 0 Å². The van der Waals surface area contributed by atoms with Crippen LogP contribution in [0, 0.1) is 6.92 Å². The van der Waals surface area contributed by atoms with Crippen LogP contribution in [0.3, 0.4) is 0 Å². The van der Waals surface area contributed by atoms with Gasteiger partial charge in [-0.1, -0.05) is 71.4 Å². The first kappa shape index (κ1) is 25.8. The van der Waals surface area contributed by atoms with E-state index in [2.05, 4.69) is 20.6 Å². The molecule has 2 aromatic heterocycles. The highest BCUT2D eigenvalue weighted by atomic mass is 35.5. The number of hydrogen-bond donors (Lipinski definition) is 2. The molecule has 0 saturated heterocycles. The van der Waals surface area contributed by atoms with Crippen LogP contribution >= 0.6 is 35.0 Å².